The number of carbonyl (C=O) groups excluding carboxylic acids is 8. The zero-order chi connectivity index (χ0) is 61.8. The number of rotatable bonds is 24. The summed E-state index contributed by atoms with van der Waals surface area (Å²) in [6.07, 6.45) is -6.55. The van der Waals surface area contributed by atoms with Crippen molar-refractivity contribution in [3.63, 3.8) is 0 Å². The fraction of sp³-hybridized carbons (Fsp3) is 0.509. The SMILES string of the molecule is CC[C@@]1(O)C(=O)OCc2c1cc1n(c2=O)Cc2c-1nc1cc3c(c4c1c2[C@@H](NC(=O)C(C)(C)COCNC(=O)CNC(=O)[C@H](Cc1ccccc1)NC(=O)CNC(=O)CNC(=O)[C@@H](N)CCC(=O)NC[C@@H]1O[C@H](CO)[C@@H](O)[C@H](O)[C@H]1O)CC4)OCO3. The molecular weight excluding hydrogens is 1130 g/mol. The van der Waals surface area contributed by atoms with Crippen LogP contribution in [0, 0.1) is 5.41 Å². The molecular formula is C57H70N10O19. The van der Waals surface area contributed by atoms with E-state index in [1.54, 1.807) is 63.2 Å². The molecule has 0 unspecified atom stereocenters. The second-order valence-corrected chi connectivity index (χ2v) is 22.3. The molecule has 9 rings (SSSR count). The Bertz CT molecular complexity index is 3380. The third-order valence-electron chi connectivity index (χ3n) is 16.0. The van der Waals surface area contributed by atoms with Crippen LogP contribution in [0.3, 0.4) is 0 Å². The van der Waals surface area contributed by atoms with Crippen molar-refractivity contribution in [1.82, 2.24) is 46.8 Å². The molecule has 0 radical (unpaired) electrons. The largest absolute Gasteiger partial charge is 0.458 e. The highest BCUT2D eigenvalue weighted by molar-refractivity contribution is 5.97. The Labute approximate surface area is 491 Å². The van der Waals surface area contributed by atoms with E-state index < -0.39 is 133 Å². The number of nitrogens with two attached hydrogens (primary N) is 1. The van der Waals surface area contributed by atoms with E-state index in [1.165, 1.54) is 4.57 Å². The summed E-state index contributed by atoms with van der Waals surface area (Å²) in [6.45, 7) is 1.60. The normalized spacial score (nSPS) is 22.2. The van der Waals surface area contributed by atoms with Gasteiger partial charge in [0.25, 0.3) is 5.56 Å². The van der Waals surface area contributed by atoms with Crippen LogP contribution < -0.4 is 58.0 Å². The van der Waals surface area contributed by atoms with Crippen molar-refractivity contribution in [3.8, 4) is 22.9 Å². The number of aryl methyl sites for hydroxylation is 1. The number of esters is 1. The number of pyridine rings is 2. The van der Waals surface area contributed by atoms with E-state index in [9.17, 15) is 68.7 Å². The Morgan fingerprint density at radius 3 is 2.29 bits per heavy atom. The lowest BCUT2D eigenvalue weighted by molar-refractivity contribution is -0.227. The number of cyclic esters (lactones) is 1. The Hall–Kier alpha value is -8.16. The van der Waals surface area contributed by atoms with Gasteiger partial charge in [0.2, 0.25) is 48.1 Å². The van der Waals surface area contributed by atoms with Crippen molar-refractivity contribution in [3.05, 3.63) is 86.2 Å². The quantitative estimate of drug-likeness (QED) is 0.0160. The first-order valence-corrected chi connectivity index (χ1v) is 28.1. The molecule has 29 nitrogen and oxygen atoms in total. The van der Waals surface area contributed by atoms with Crippen LogP contribution in [0.4, 0.5) is 0 Å². The predicted octanol–water partition coefficient (Wildman–Crippen LogP) is -3.83. The maximum atomic E-state index is 14.3. The number of carbonyl (C=O) groups is 8. The van der Waals surface area contributed by atoms with Gasteiger partial charge in [-0.25, -0.2) is 9.78 Å². The molecule has 5 aliphatic rings. The minimum absolute atomic E-state index is 0.000199. The summed E-state index contributed by atoms with van der Waals surface area (Å²) in [6, 6.07) is 9.03. The molecule has 2 aromatic carbocycles. The van der Waals surface area contributed by atoms with E-state index in [0.29, 0.717) is 52.4 Å². The highest BCUT2D eigenvalue weighted by Crippen LogP contribution is 2.50. The Balaban J connectivity index is 0.734. The van der Waals surface area contributed by atoms with Gasteiger partial charge in [0.05, 0.1) is 79.4 Å². The topological polar surface area (TPSA) is 429 Å². The van der Waals surface area contributed by atoms with Gasteiger partial charge in [-0.1, -0.05) is 37.3 Å². The summed E-state index contributed by atoms with van der Waals surface area (Å²) in [7, 11) is 0. The van der Waals surface area contributed by atoms with Gasteiger partial charge < -0.3 is 96.7 Å². The molecule has 4 aliphatic heterocycles. The third-order valence-corrected chi connectivity index (χ3v) is 16.0. The standard InChI is InChI=1S/C57H70N10O19/c1-4-57(81)31-15-36-46-29(21-67(36)53(78)30(31)23-83-55(57)80)45-33(12-10-28-44(45)34(65-46)16-37-50(28)85-26-84-37)66-54(79)56(2,3)24-82-25-63-42(71)19-62-52(77)35(14-27-8-6-5-7-9-27)64-43(72)20-60-41(70)18-61-51(76)32(58)11-13-40(69)59-17-38-47(73)49(75)48(74)39(22-68)86-38/h5-9,15-16,32-33,35,38-39,47-49,68,73-75,81H,4,10-14,17-26,58H2,1-3H3,(H,59,69)(H,60,70)(H,61,76)(H,62,77)(H,63,71)(H,64,72)(H,66,79)/t32-,33-,35-,38-,39+,47-,48+,49+,57-/m0/s1. The lowest BCUT2D eigenvalue weighted by Gasteiger charge is -2.40. The van der Waals surface area contributed by atoms with Crippen LogP contribution in [0.2, 0.25) is 0 Å². The Kier molecular flexibility index (Phi) is 19.0. The lowest BCUT2D eigenvalue weighted by Crippen LogP contribution is -2.60. The van der Waals surface area contributed by atoms with Crippen LogP contribution in [-0.4, -0.2) is 178 Å². The zero-order valence-corrected chi connectivity index (χ0v) is 47.4. The van der Waals surface area contributed by atoms with Crippen LogP contribution >= 0.6 is 0 Å². The number of aromatic nitrogens is 2. The van der Waals surface area contributed by atoms with Crippen molar-refractivity contribution in [1.29, 1.82) is 0 Å². The third kappa shape index (κ3) is 13.1. The van der Waals surface area contributed by atoms with Crippen LogP contribution in [0.15, 0.2) is 47.3 Å². The summed E-state index contributed by atoms with van der Waals surface area (Å²) >= 11 is 0. The number of nitrogens with one attached hydrogen (secondary N) is 7. The van der Waals surface area contributed by atoms with Crippen molar-refractivity contribution in [2.24, 2.45) is 11.1 Å². The molecule has 7 amide bonds. The number of amides is 7. The molecule has 0 bridgehead atoms. The second-order valence-electron chi connectivity index (χ2n) is 22.3. The number of aliphatic hydroxyl groups is 5. The van der Waals surface area contributed by atoms with Gasteiger partial charge in [0.1, 0.15) is 49.9 Å². The van der Waals surface area contributed by atoms with E-state index in [4.69, 9.17) is 34.4 Å². The molecule has 4 aromatic rings. The van der Waals surface area contributed by atoms with Gasteiger partial charge in [-0.15, -0.1) is 0 Å². The van der Waals surface area contributed by atoms with Crippen molar-refractivity contribution < 1.29 is 87.6 Å². The summed E-state index contributed by atoms with van der Waals surface area (Å²) in [5.41, 5.74) is 6.92. The summed E-state index contributed by atoms with van der Waals surface area (Å²) in [5, 5.41) is 69.5. The average molecular weight is 1200 g/mol. The molecule has 9 atom stereocenters. The first kappa shape index (κ1) is 62.4. The molecule has 1 fully saturated rings. The van der Waals surface area contributed by atoms with Gasteiger partial charge in [-0.05, 0) is 56.7 Å². The molecule has 6 heterocycles. The van der Waals surface area contributed by atoms with E-state index in [0.717, 1.165) is 16.5 Å². The lowest BCUT2D eigenvalue weighted by atomic mass is 9.82. The molecule has 0 saturated carbocycles. The van der Waals surface area contributed by atoms with Crippen molar-refractivity contribution >= 4 is 58.2 Å². The molecule has 1 aliphatic carbocycles. The van der Waals surface area contributed by atoms with Gasteiger partial charge in [0.15, 0.2) is 17.1 Å². The van der Waals surface area contributed by atoms with Crippen LogP contribution in [0.25, 0.3) is 22.3 Å². The van der Waals surface area contributed by atoms with Crippen LogP contribution in [-0.2, 0) is 84.2 Å². The number of fused-ring (bicyclic) bond motifs is 7. The summed E-state index contributed by atoms with van der Waals surface area (Å²) in [4.78, 5) is 123. The number of ether oxygens (including phenoxy) is 5. The minimum Gasteiger partial charge on any atom is -0.458 e. The van der Waals surface area contributed by atoms with Crippen molar-refractivity contribution in [2.75, 3.05) is 52.9 Å². The number of hydrogen-bond acceptors (Lipinski definition) is 21. The number of nitrogens with zero attached hydrogens (tertiary/aromatic N) is 2. The van der Waals surface area contributed by atoms with Gasteiger partial charge in [-0.2, -0.15) is 0 Å². The van der Waals surface area contributed by atoms with Gasteiger partial charge in [-0.3, -0.25) is 38.4 Å². The monoisotopic (exact) mass is 1200 g/mol. The number of hydrogen-bond donors (Lipinski definition) is 13. The van der Waals surface area contributed by atoms with E-state index >= 15 is 0 Å². The molecule has 2 aromatic heterocycles. The smallest absolute Gasteiger partial charge is 0.343 e. The summed E-state index contributed by atoms with van der Waals surface area (Å²) < 4.78 is 29.6. The fourth-order valence-corrected chi connectivity index (χ4v) is 11.1. The fourth-order valence-electron chi connectivity index (χ4n) is 11.1. The minimum atomic E-state index is -2.03. The number of aliphatic hydroxyl groups excluding tert-OH is 4. The predicted molar refractivity (Wildman–Crippen MR) is 298 cm³/mol. The molecule has 1 saturated heterocycles. The molecule has 86 heavy (non-hydrogen) atoms. The van der Waals surface area contributed by atoms with E-state index in [1.807, 2.05) is 0 Å². The maximum absolute atomic E-state index is 14.3. The zero-order valence-electron chi connectivity index (χ0n) is 47.4. The second kappa shape index (κ2) is 26.2. The van der Waals surface area contributed by atoms with Crippen molar-refractivity contribution in [2.45, 2.75) is 127 Å². The van der Waals surface area contributed by atoms with Gasteiger partial charge >= 0.3 is 5.97 Å². The highest BCUT2D eigenvalue weighted by Gasteiger charge is 2.47. The van der Waals surface area contributed by atoms with Crippen LogP contribution in [0.5, 0.6) is 11.5 Å². The molecule has 462 valence electrons. The molecule has 29 heteroatoms. The Morgan fingerprint density at radius 1 is 0.849 bits per heavy atom. The number of benzene rings is 2. The average Bonchev–Trinajstić information content (AvgIpc) is 1.69. The molecule has 14 N–H and O–H groups in total. The van der Waals surface area contributed by atoms with E-state index in [2.05, 4.69) is 37.2 Å². The van der Waals surface area contributed by atoms with Crippen LogP contribution in [0.1, 0.15) is 85.9 Å². The molecule has 0 spiro atoms. The van der Waals surface area contributed by atoms with Gasteiger partial charge in [0, 0.05) is 47.5 Å². The first-order chi connectivity index (χ1) is 41.0. The van der Waals surface area contributed by atoms with E-state index in [-0.39, 0.29) is 82.5 Å². The first-order valence-electron chi connectivity index (χ1n) is 28.1. The maximum Gasteiger partial charge on any atom is 0.343 e. The summed E-state index contributed by atoms with van der Waals surface area (Å²) in [5.74, 6) is -4.48. The highest BCUT2D eigenvalue weighted by atomic mass is 16.7. The Morgan fingerprint density at radius 2 is 1.56 bits per heavy atom.